The van der Waals surface area contributed by atoms with Crippen LogP contribution in [0, 0.1) is 5.92 Å². The third kappa shape index (κ3) is 3.67. The summed E-state index contributed by atoms with van der Waals surface area (Å²) in [5, 5.41) is 0. The van der Waals surface area contributed by atoms with Crippen molar-refractivity contribution in [1.29, 1.82) is 0 Å². The molecule has 0 radical (unpaired) electrons. The molecule has 4 atom stereocenters. The van der Waals surface area contributed by atoms with Crippen molar-refractivity contribution in [3.63, 3.8) is 0 Å². The van der Waals surface area contributed by atoms with Gasteiger partial charge in [-0.05, 0) is 63.2 Å². The number of aromatic nitrogens is 1. The molecule has 4 nitrogen and oxygen atoms in total. The molecular weight excluding hydrogens is 272 g/mol. The van der Waals surface area contributed by atoms with Gasteiger partial charge in [0.15, 0.2) is 0 Å². The van der Waals surface area contributed by atoms with Crippen LogP contribution in [-0.2, 0) is 0 Å². The summed E-state index contributed by atoms with van der Waals surface area (Å²) in [6, 6.07) is 6.09. The van der Waals surface area contributed by atoms with Crippen molar-refractivity contribution in [3.05, 3.63) is 30.1 Å². The number of hydrazine groups is 1. The fourth-order valence-corrected chi connectivity index (χ4v) is 3.91. The number of piperidine rings is 1. The molecule has 0 amide bonds. The maximum absolute atomic E-state index is 4.31. The summed E-state index contributed by atoms with van der Waals surface area (Å²) in [5.74, 6) is 0.718. The Balaban J connectivity index is 1.52. The number of likely N-dealkylation sites (tertiary alicyclic amines) is 1. The molecule has 4 unspecified atom stereocenters. The largest absolute Gasteiger partial charge is 0.296 e. The molecule has 2 saturated heterocycles. The predicted molar refractivity (Wildman–Crippen MR) is 90.3 cm³/mol. The van der Waals surface area contributed by atoms with Gasteiger partial charge in [-0.15, -0.1) is 0 Å². The Hall–Kier alpha value is -0.970. The lowest BCUT2D eigenvalue weighted by Gasteiger charge is -2.36. The Labute approximate surface area is 134 Å². The zero-order valence-electron chi connectivity index (χ0n) is 14.0. The van der Waals surface area contributed by atoms with E-state index in [1.807, 2.05) is 6.20 Å². The molecule has 22 heavy (non-hydrogen) atoms. The molecule has 0 bridgehead atoms. The minimum atomic E-state index is 0.577. The van der Waals surface area contributed by atoms with E-state index in [1.165, 1.54) is 50.8 Å². The van der Waals surface area contributed by atoms with Crippen molar-refractivity contribution < 1.29 is 0 Å². The fourth-order valence-electron chi connectivity index (χ4n) is 3.91. The smallest absolute Gasteiger partial charge is 0.0363 e. The van der Waals surface area contributed by atoms with E-state index >= 15 is 0 Å². The fraction of sp³-hybridized carbons (Fsp3) is 0.722. The molecule has 2 N–H and O–H groups in total. The SMILES string of the molecule is CC1NNC(CCCN2CCCCC2c2cccnc2)C1C. The number of nitrogens with zero attached hydrogens (tertiary/aromatic N) is 2. The molecule has 1 aromatic rings. The Morgan fingerprint density at radius 2 is 2.18 bits per heavy atom. The number of pyridine rings is 1. The maximum atomic E-state index is 4.31. The summed E-state index contributed by atoms with van der Waals surface area (Å²) >= 11 is 0. The molecule has 2 aliphatic rings. The third-order valence-corrected chi connectivity index (χ3v) is 5.56. The van der Waals surface area contributed by atoms with Gasteiger partial charge in [-0.25, -0.2) is 0 Å². The lowest BCUT2D eigenvalue weighted by molar-refractivity contribution is 0.143. The number of rotatable bonds is 5. The van der Waals surface area contributed by atoms with E-state index in [-0.39, 0.29) is 0 Å². The van der Waals surface area contributed by atoms with Crippen LogP contribution in [0.3, 0.4) is 0 Å². The van der Waals surface area contributed by atoms with Crippen molar-refractivity contribution in [1.82, 2.24) is 20.7 Å². The number of hydrogen-bond acceptors (Lipinski definition) is 4. The average Bonchev–Trinajstić information content (AvgIpc) is 2.88. The van der Waals surface area contributed by atoms with Gasteiger partial charge in [0.1, 0.15) is 0 Å². The topological polar surface area (TPSA) is 40.2 Å². The Morgan fingerprint density at radius 3 is 2.91 bits per heavy atom. The first-order valence-corrected chi connectivity index (χ1v) is 8.90. The van der Waals surface area contributed by atoms with Gasteiger partial charge in [0, 0.05) is 30.5 Å². The van der Waals surface area contributed by atoms with Gasteiger partial charge in [0.2, 0.25) is 0 Å². The molecule has 4 heteroatoms. The molecular formula is C18H30N4. The van der Waals surface area contributed by atoms with E-state index in [0.29, 0.717) is 18.1 Å². The van der Waals surface area contributed by atoms with E-state index < -0.39 is 0 Å². The van der Waals surface area contributed by atoms with Crippen LogP contribution >= 0.6 is 0 Å². The normalized spacial score (nSPS) is 33.2. The molecule has 3 heterocycles. The highest BCUT2D eigenvalue weighted by Gasteiger charge is 2.29. The molecule has 2 aliphatic heterocycles. The average molecular weight is 302 g/mol. The summed E-state index contributed by atoms with van der Waals surface area (Å²) < 4.78 is 0. The molecule has 122 valence electrons. The lowest BCUT2D eigenvalue weighted by atomic mass is 9.93. The first-order chi connectivity index (χ1) is 10.8. The van der Waals surface area contributed by atoms with E-state index in [0.717, 1.165) is 5.92 Å². The van der Waals surface area contributed by atoms with Crippen molar-refractivity contribution in [2.75, 3.05) is 13.1 Å². The van der Waals surface area contributed by atoms with Crippen LogP contribution in [0.15, 0.2) is 24.5 Å². The zero-order chi connectivity index (χ0) is 15.4. The predicted octanol–water partition coefficient (Wildman–Crippen LogP) is 2.89. The Kier molecular flexibility index (Phi) is 5.45. The third-order valence-electron chi connectivity index (χ3n) is 5.56. The quantitative estimate of drug-likeness (QED) is 0.877. The van der Waals surface area contributed by atoms with E-state index in [2.05, 4.69) is 52.9 Å². The second kappa shape index (κ2) is 7.53. The standard InChI is InChI=1S/C18H30N4/c1-14-15(2)20-21-17(14)8-6-12-22-11-4-3-9-18(22)16-7-5-10-19-13-16/h5,7,10,13-15,17-18,20-21H,3-4,6,8-9,11-12H2,1-2H3. The van der Waals surface area contributed by atoms with Crippen LogP contribution in [0.1, 0.15) is 57.6 Å². The van der Waals surface area contributed by atoms with Crippen LogP contribution in [0.25, 0.3) is 0 Å². The minimum absolute atomic E-state index is 0.577. The van der Waals surface area contributed by atoms with Gasteiger partial charge in [0.05, 0.1) is 0 Å². The van der Waals surface area contributed by atoms with Gasteiger partial charge in [-0.3, -0.25) is 20.7 Å². The summed E-state index contributed by atoms with van der Waals surface area (Å²) in [6.07, 6.45) is 10.4. The lowest BCUT2D eigenvalue weighted by Crippen LogP contribution is -2.36. The first kappa shape index (κ1) is 15.9. The second-order valence-corrected chi connectivity index (χ2v) is 7.02. The van der Waals surface area contributed by atoms with Crippen LogP contribution < -0.4 is 10.9 Å². The number of hydrogen-bond donors (Lipinski definition) is 2. The van der Waals surface area contributed by atoms with Crippen LogP contribution in [-0.4, -0.2) is 35.1 Å². The molecule has 1 aromatic heterocycles. The van der Waals surface area contributed by atoms with Crippen LogP contribution in [0.4, 0.5) is 0 Å². The van der Waals surface area contributed by atoms with E-state index in [1.54, 1.807) is 0 Å². The van der Waals surface area contributed by atoms with Gasteiger partial charge < -0.3 is 0 Å². The molecule has 0 aromatic carbocycles. The van der Waals surface area contributed by atoms with Crippen LogP contribution in [0.2, 0.25) is 0 Å². The van der Waals surface area contributed by atoms with E-state index in [9.17, 15) is 0 Å². The monoisotopic (exact) mass is 302 g/mol. The van der Waals surface area contributed by atoms with Gasteiger partial charge in [-0.2, -0.15) is 0 Å². The van der Waals surface area contributed by atoms with Gasteiger partial charge in [-0.1, -0.05) is 19.4 Å². The summed E-state index contributed by atoms with van der Waals surface area (Å²) in [4.78, 5) is 6.99. The Morgan fingerprint density at radius 1 is 1.27 bits per heavy atom. The minimum Gasteiger partial charge on any atom is -0.296 e. The summed E-state index contributed by atoms with van der Waals surface area (Å²) in [5.41, 5.74) is 8.22. The molecule has 3 rings (SSSR count). The molecule has 0 saturated carbocycles. The van der Waals surface area contributed by atoms with Crippen molar-refractivity contribution in [3.8, 4) is 0 Å². The van der Waals surface area contributed by atoms with Crippen molar-refractivity contribution >= 4 is 0 Å². The van der Waals surface area contributed by atoms with Crippen LogP contribution in [0.5, 0.6) is 0 Å². The van der Waals surface area contributed by atoms with Crippen molar-refractivity contribution in [2.45, 2.75) is 64.1 Å². The molecule has 0 aliphatic carbocycles. The molecule has 2 fully saturated rings. The van der Waals surface area contributed by atoms with Crippen molar-refractivity contribution in [2.24, 2.45) is 5.92 Å². The summed E-state index contributed by atoms with van der Waals surface area (Å²) in [6.45, 7) is 7.06. The summed E-state index contributed by atoms with van der Waals surface area (Å²) in [7, 11) is 0. The highest BCUT2D eigenvalue weighted by atomic mass is 15.4. The van der Waals surface area contributed by atoms with Gasteiger partial charge >= 0.3 is 0 Å². The highest BCUT2D eigenvalue weighted by Crippen LogP contribution is 2.30. The number of nitrogens with one attached hydrogen (secondary N) is 2. The van der Waals surface area contributed by atoms with Gasteiger partial charge in [0.25, 0.3) is 0 Å². The second-order valence-electron chi connectivity index (χ2n) is 7.02. The highest BCUT2D eigenvalue weighted by molar-refractivity contribution is 5.14. The Bertz CT molecular complexity index is 450. The van der Waals surface area contributed by atoms with E-state index in [4.69, 9.17) is 0 Å². The molecule has 0 spiro atoms. The zero-order valence-corrected chi connectivity index (χ0v) is 14.0. The first-order valence-electron chi connectivity index (χ1n) is 8.90. The maximum Gasteiger partial charge on any atom is 0.0363 e.